The van der Waals surface area contributed by atoms with Gasteiger partial charge in [0.2, 0.25) is 5.91 Å². The Morgan fingerprint density at radius 3 is 2.27 bits per heavy atom. The monoisotopic (exact) mass is 594 g/mol. The summed E-state index contributed by atoms with van der Waals surface area (Å²) in [7, 11) is 1.57. The number of carbonyl (C=O) groups is 3. The number of benzene rings is 3. The lowest BCUT2D eigenvalue weighted by atomic mass is 9.86. The normalized spacial score (nSPS) is 22.5. The van der Waals surface area contributed by atoms with Gasteiger partial charge in [0.25, 0.3) is 0 Å². The van der Waals surface area contributed by atoms with Crippen LogP contribution in [0, 0.1) is 12.8 Å². The molecule has 1 amide bonds. The molecule has 3 heterocycles. The van der Waals surface area contributed by atoms with Crippen molar-refractivity contribution in [3.05, 3.63) is 100 Å². The third kappa shape index (κ3) is 5.28. The first-order valence-electron chi connectivity index (χ1n) is 15.0. The van der Waals surface area contributed by atoms with Gasteiger partial charge in [-0.05, 0) is 68.5 Å². The fourth-order valence-corrected chi connectivity index (χ4v) is 6.81. The number of esters is 1. The van der Waals surface area contributed by atoms with Crippen molar-refractivity contribution in [1.82, 2.24) is 9.80 Å². The Kier molecular flexibility index (Phi) is 7.80. The van der Waals surface area contributed by atoms with E-state index in [1.165, 1.54) is 0 Å². The molecule has 0 saturated carbocycles. The number of rotatable bonds is 8. The molecule has 0 aliphatic carbocycles. The number of nitrogens with zero attached hydrogens (tertiary/aromatic N) is 2. The van der Waals surface area contributed by atoms with Crippen molar-refractivity contribution in [2.45, 2.75) is 71.0 Å². The highest BCUT2D eigenvalue weighted by Gasteiger charge is 2.58. The molecule has 3 aliphatic heterocycles. The van der Waals surface area contributed by atoms with E-state index in [4.69, 9.17) is 14.2 Å². The zero-order valence-corrected chi connectivity index (χ0v) is 25.8. The van der Waals surface area contributed by atoms with Crippen LogP contribution >= 0.6 is 0 Å². The quantitative estimate of drug-likeness (QED) is 0.247. The Morgan fingerprint density at radius 1 is 1.00 bits per heavy atom. The molecule has 2 saturated heterocycles. The molecule has 0 aromatic heterocycles. The van der Waals surface area contributed by atoms with Gasteiger partial charge in [-0.3, -0.25) is 19.4 Å². The smallest absolute Gasteiger partial charge is 0.311 e. The first-order valence-corrected chi connectivity index (χ1v) is 15.0. The van der Waals surface area contributed by atoms with Crippen molar-refractivity contribution in [1.29, 1.82) is 0 Å². The fourth-order valence-electron chi connectivity index (χ4n) is 6.81. The van der Waals surface area contributed by atoms with Crippen molar-refractivity contribution in [3.8, 4) is 11.5 Å². The van der Waals surface area contributed by atoms with E-state index >= 15 is 0 Å². The van der Waals surface area contributed by atoms with Crippen LogP contribution in [0.25, 0.3) is 6.08 Å². The van der Waals surface area contributed by atoms with Gasteiger partial charge in [-0.25, -0.2) is 0 Å². The third-order valence-corrected chi connectivity index (χ3v) is 8.57. The molecule has 3 aromatic rings. The summed E-state index contributed by atoms with van der Waals surface area (Å²) in [6.45, 7) is 8.21. The lowest BCUT2D eigenvalue weighted by Crippen LogP contribution is -2.58. The molecule has 2 fully saturated rings. The number of hydrogen-bond donors (Lipinski definition) is 0. The number of piperazine rings is 1. The van der Waals surface area contributed by atoms with Crippen LogP contribution in [0.2, 0.25) is 0 Å². The van der Waals surface area contributed by atoms with Crippen LogP contribution in [0.15, 0.2) is 72.4 Å². The summed E-state index contributed by atoms with van der Waals surface area (Å²) >= 11 is 0. The standard InChI is InChI=1S/C36H38N2O6/c1-22-16-25-17-27-31-26(35(41)44-36(2,3)4)18-28(37(31)19-23-12-8-6-9-13-23)34(40)38(27)29(20-39)30(25)33(32(22)42-5)43-21-24-14-10-7-11-15-24/h6-17,20,26,28-29,31H,18-19,21H2,1-5H3/t26-,28+,29-,31+/m1/s1. The largest absolute Gasteiger partial charge is 0.493 e. The Hall–Kier alpha value is -4.43. The fraction of sp³-hybridized carbons (Fsp3) is 0.361. The van der Waals surface area contributed by atoms with E-state index in [-0.39, 0.29) is 18.5 Å². The van der Waals surface area contributed by atoms with Gasteiger partial charge in [-0.1, -0.05) is 60.7 Å². The average molecular weight is 595 g/mol. The van der Waals surface area contributed by atoms with Crippen molar-refractivity contribution < 1.29 is 28.6 Å². The summed E-state index contributed by atoms with van der Waals surface area (Å²) in [6, 6.07) is 19.6. The van der Waals surface area contributed by atoms with Crippen molar-refractivity contribution in [3.63, 3.8) is 0 Å². The molecule has 3 aromatic carbocycles. The van der Waals surface area contributed by atoms with Gasteiger partial charge in [-0.2, -0.15) is 0 Å². The number of amides is 1. The number of aldehydes is 1. The second kappa shape index (κ2) is 11.6. The average Bonchev–Trinajstić information content (AvgIpc) is 3.31. The Morgan fingerprint density at radius 2 is 1.66 bits per heavy atom. The number of fused-ring (bicyclic) bond motifs is 5. The lowest BCUT2D eigenvalue weighted by Gasteiger charge is -2.47. The predicted octanol–water partition coefficient (Wildman–Crippen LogP) is 5.62. The molecular formula is C36H38N2O6. The summed E-state index contributed by atoms with van der Waals surface area (Å²) < 4.78 is 18.1. The van der Waals surface area contributed by atoms with E-state index in [9.17, 15) is 14.4 Å². The van der Waals surface area contributed by atoms with Crippen LogP contribution in [0.3, 0.4) is 0 Å². The van der Waals surface area contributed by atoms with Crippen LogP contribution in [0.4, 0.5) is 0 Å². The third-order valence-electron chi connectivity index (χ3n) is 8.57. The SMILES string of the molecule is COc1c(C)cc2c(c1OCc1ccccc1)[C@@H](C=O)N1C(=O)[C@@H]3C[C@@H](C(=O)OC(C)(C)C)[C@@H](C1=C2)N3Cc1ccccc1. The summed E-state index contributed by atoms with van der Waals surface area (Å²) in [6.07, 6.45) is 3.04. The molecular weight excluding hydrogens is 556 g/mol. The highest BCUT2D eigenvalue weighted by atomic mass is 16.6. The zero-order valence-electron chi connectivity index (χ0n) is 25.8. The van der Waals surface area contributed by atoms with Crippen LogP contribution in [-0.2, 0) is 32.3 Å². The maximum Gasteiger partial charge on any atom is 0.311 e. The minimum atomic E-state index is -0.945. The summed E-state index contributed by atoms with van der Waals surface area (Å²) in [4.78, 5) is 44.8. The first-order chi connectivity index (χ1) is 21.1. The van der Waals surface area contributed by atoms with Gasteiger partial charge in [0.05, 0.1) is 25.1 Å². The molecule has 0 N–H and O–H groups in total. The molecule has 4 atom stereocenters. The van der Waals surface area contributed by atoms with E-state index in [0.717, 1.165) is 28.5 Å². The van der Waals surface area contributed by atoms with E-state index in [1.807, 2.05) is 101 Å². The van der Waals surface area contributed by atoms with E-state index in [0.29, 0.717) is 35.7 Å². The molecule has 8 nitrogen and oxygen atoms in total. The maximum absolute atomic E-state index is 14.4. The van der Waals surface area contributed by atoms with Gasteiger partial charge in [0.15, 0.2) is 11.5 Å². The van der Waals surface area contributed by atoms with E-state index in [2.05, 4.69) is 4.90 Å². The topological polar surface area (TPSA) is 85.4 Å². The van der Waals surface area contributed by atoms with E-state index < -0.39 is 29.6 Å². The summed E-state index contributed by atoms with van der Waals surface area (Å²) in [5, 5.41) is 0. The molecule has 0 radical (unpaired) electrons. The van der Waals surface area contributed by atoms with Crippen LogP contribution < -0.4 is 9.47 Å². The zero-order chi connectivity index (χ0) is 31.2. The molecule has 0 spiro atoms. The van der Waals surface area contributed by atoms with Gasteiger partial charge in [0.1, 0.15) is 24.5 Å². The predicted molar refractivity (Wildman–Crippen MR) is 166 cm³/mol. The molecule has 2 bridgehead atoms. The Balaban J connectivity index is 1.49. The highest BCUT2D eigenvalue weighted by molar-refractivity contribution is 5.94. The Bertz CT molecular complexity index is 1610. The van der Waals surface area contributed by atoms with Crippen LogP contribution in [0.1, 0.15) is 61.1 Å². The second-order valence-electron chi connectivity index (χ2n) is 12.7. The molecule has 8 heteroatoms. The van der Waals surface area contributed by atoms with Gasteiger partial charge < -0.3 is 19.0 Å². The van der Waals surface area contributed by atoms with Crippen LogP contribution in [0.5, 0.6) is 11.5 Å². The first kappa shape index (κ1) is 29.6. The minimum absolute atomic E-state index is 0.217. The maximum atomic E-state index is 14.4. The number of aryl methyl sites for hydroxylation is 1. The van der Waals surface area contributed by atoms with E-state index in [1.54, 1.807) is 12.0 Å². The number of methoxy groups -OCH3 is 1. The van der Waals surface area contributed by atoms with Gasteiger partial charge in [0, 0.05) is 17.8 Å². The van der Waals surface area contributed by atoms with Gasteiger partial charge in [-0.15, -0.1) is 0 Å². The van der Waals surface area contributed by atoms with Crippen molar-refractivity contribution in [2.24, 2.45) is 5.92 Å². The number of ether oxygens (including phenoxy) is 3. The Labute approximate surface area is 258 Å². The molecule has 3 aliphatic rings. The summed E-state index contributed by atoms with van der Waals surface area (Å²) in [5.74, 6) is -0.178. The number of carbonyl (C=O) groups excluding carboxylic acids is 3. The molecule has 0 unspecified atom stereocenters. The number of hydrogen-bond acceptors (Lipinski definition) is 7. The van der Waals surface area contributed by atoms with Gasteiger partial charge >= 0.3 is 5.97 Å². The molecule has 228 valence electrons. The molecule has 44 heavy (non-hydrogen) atoms. The molecule has 6 rings (SSSR count). The lowest BCUT2D eigenvalue weighted by molar-refractivity contribution is -0.161. The second-order valence-corrected chi connectivity index (χ2v) is 12.7. The van der Waals surface area contributed by atoms with Crippen LogP contribution in [-0.4, -0.2) is 52.8 Å². The van der Waals surface area contributed by atoms with Crippen molar-refractivity contribution in [2.75, 3.05) is 7.11 Å². The summed E-state index contributed by atoms with van der Waals surface area (Å²) in [5.41, 5.74) is 4.12. The minimum Gasteiger partial charge on any atom is -0.493 e. The highest BCUT2D eigenvalue weighted by Crippen LogP contribution is 2.52. The van der Waals surface area contributed by atoms with Crippen molar-refractivity contribution >= 4 is 24.2 Å².